The summed E-state index contributed by atoms with van der Waals surface area (Å²) in [7, 11) is -3.48. The van der Waals surface area contributed by atoms with E-state index in [1.54, 1.807) is 24.3 Å². The van der Waals surface area contributed by atoms with Gasteiger partial charge in [-0.15, -0.1) is 0 Å². The molecule has 4 nitrogen and oxygen atoms in total. The van der Waals surface area contributed by atoms with E-state index in [0.29, 0.717) is 24.4 Å². The summed E-state index contributed by atoms with van der Waals surface area (Å²) >= 11 is 0. The number of rotatable bonds is 7. The Kier molecular flexibility index (Phi) is 5.79. The number of aliphatic hydroxyl groups excluding tert-OH is 1. The van der Waals surface area contributed by atoms with Gasteiger partial charge in [-0.2, -0.15) is 0 Å². The number of hydrogen-bond acceptors (Lipinski definition) is 3. The van der Waals surface area contributed by atoms with Crippen LogP contribution in [0.5, 0.6) is 0 Å². The lowest BCUT2D eigenvalue weighted by Gasteiger charge is -2.12. The molecule has 118 valence electrons. The molecule has 0 radical (unpaired) electrons. The standard InChI is InChI=1S/C16H25NO3S/c1-2-16(18)14-8-5-9-15(12-14)21(19,20)17-11-10-13-6-3-4-7-13/h5,8-9,12-13,16-18H,2-4,6-7,10-11H2,1H3. The van der Waals surface area contributed by atoms with E-state index in [4.69, 9.17) is 0 Å². The van der Waals surface area contributed by atoms with E-state index < -0.39 is 16.1 Å². The molecule has 2 rings (SSSR count). The summed E-state index contributed by atoms with van der Waals surface area (Å²) in [6.45, 7) is 2.36. The van der Waals surface area contributed by atoms with Crippen LogP contribution in [-0.2, 0) is 10.0 Å². The number of hydrogen-bond donors (Lipinski definition) is 2. The zero-order valence-electron chi connectivity index (χ0n) is 12.6. The summed E-state index contributed by atoms with van der Waals surface area (Å²) in [6, 6.07) is 6.57. The van der Waals surface area contributed by atoms with E-state index in [-0.39, 0.29) is 4.90 Å². The first-order chi connectivity index (χ1) is 10.0. The average molecular weight is 311 g/mol. The molecule has 0 bridgehead atoms. The highest BCUT2D eigenvalue weighted by molar-refractivity contribution is 7.89. The fourth-order valence-electron chi connectivity index (χ4n) is 2.90. The van der Waals surface area contributed by atoms with E-state index in [1.165, 1.54) is 25.7 Å². The second-order valence-electron chi connectivity index (χ2n) is 5.83. The van der Waals surface area contributed by atoms with Crippen LogP contribution in [0.3, 0.4) is 0 Å². The van der Waals surface area contributed by atoms with E-state index in [2.05, 4.69) is 4.72 Å². The fraction of sp³-hybridized carbons (Fsp3) is 0.625. The molecule has 1 aliphatic rings. The van der Waals surface area contributed by atoms with Gasteiger partial charge in [0.1, 0.15) is 0 Å². The van der Waals surface area contributed by atoms with Crippen LogP contribution in [0, 0.1) is 5.92 Å². The van der Waals surface area contributed by atoms with Crippen molar-refractivity contribution in [2.75, 3.05) is 6.54 Å². The predicted molar refractivity (Wildman–Crippen MR) is 83.5 cm³/mol. The van der Waals surface area contributed by atoms with E-state index in [9.17, 15) is 13.5 Å². The van der Waals surface area contributed by atoms with Crippen LogP contribution >= 0.6 is 0 Å². The highest BCUT2D eigenvalue weighted by Gasteiger charge is 2.18. The van der Waals surface area contributed by atoms with Gasteiger partial charge in [-0.1, -0.05) is 44.7 Å². The normalized spacial score (nSPS) is 18.0. The topological polar surface area (TPSA) is 66.4 Å². The van der Waals surface area contributed by atoms with Crippen LogP contribution in [-0.4, -0.2) is 20.1 Å². The molecule has 1 fully saturated rings. The Hall–Kier alpha value is -0.910. The highest BCUT2D eigenvalue weighted by atomic mass is 32.2. The van der Waals surface area contributed by atoms with Crippen LogP contribution in [0.1, 0.15) is 57.1 Å². The first kappa shape index (κ1) is 16.5. The SMILES string of the molecule is CCC(O)c1cccc(S(=O)(=O)NCCC2CCCC2)c1. The summed E-state index contributed by atoms with van der Waals surface area (Å²) in [5.74, 6) is 0.668. The molecular weight excluding hydrogens is 286 g/mol. The maximum Gasteiger partial charge on any atom is 0.240 e. The fourth-order valence-corrected chi connectivity index (χ4v) is 4.01. The van der Waals surface area contributed by atoms with Gasteiger partial charge in [0.15, 0.2) is 0 Å². The molecule has 2 N–H and O–H groups in total. The molecule has 0 aromatic heterocycles. The molecule has 0 aliphatic heterocycles. The van der Waals surface area contributed by atoms with Crippen LogP contribution in [0.15, 0.2) is 29.2 Å². The highest BCUT2D eigenvalue weighted by Crippen LogP contribution is 2.27. The van der Waals surface area contributed by atoms with Crippen LogP contribution in [0.4, 0.5) is 0 Å². The minimum absolute atomic E-state index is 0.235. The molecule has 1 aliphatic carbocycles. The van der Waals surface area contributed by atoms with Crippen molar-refractivity contribution in [1.29, 1.82) is 0 Å². The van der Waals surface area contributed by atoms with Crippen molar-refractivity contribution in [3.05, 3.63) is 29.8 Å². The molecule has 0 spiro atoms. The van der Waals surface area contributed by atoms with Gasteiger partial charge in [0.05, 0.1) is 11.0 Å². The lowest BCUT2D eigenvalue weighted by Crippen LogP contribution is -2.26. The van der Waals surface area contributed by atoms with Gasteiger partial charge in [-0.05, 0) is 36.5 Å². The first-order valence-electron chi connectivity index (χ1n) is 7.80. The van der Waals surface area contributed by atoms with Crippen molar-refractivity contribution in [1.82, 2.24) is 4.72 Å². The predicted octanol–water partition coefficient (Wildman–Crippen LogP) is 2.99. The van der Waals surface area contributed by atoms with Gasteiger partial charge in [0.2, 0.25) is 10.0 Å². The molecule has 1 unspecified atom stereocenters. The Balaban J connectivity index is 1.98. The van der Waals surface area contributed by atoms with Gasteiger partial charge >= 0.3 is 0 Å². The van der Waals surface area contributed by atoms with Gasteiger partial charge in [0.25, 0.3) is 0 Å². The number of nitrogens with one attached hydrogen (secondary N) is 1. The Morgan fingerprint density at radius 3 is 2.71 bits per heavy atom. The molecule has 0 heterocycles. The van der Waals surface area contributed by atoms with Crippen LogP contribution in [0.25, 0.3) is 0 Å². The van der Waals surface area contributed by atoms with E-state index >= 15 is 0 Å². The van der Waals surface area contributed by atoms with Crippen molar-refractivity contribution in [3.8, 4) is 0 Å². The van der Waals surface area contributed by atoms with Crippen molar-refractivity contribution >= 4 is 10.0 Å². The molecule has 0 amide bonds. The zero-order valence-corrected chi connectivity index (χ0v) is 13.4. The Labute approximate surface area is 127 Å². The summed E-state index contributed by atoms with van der Waals surface area (Å²) < 4.78 is 27.2. The maximum absolute atomic E-state index is 12.3. The van der Waals surface area contributed by atoms with Crippen molar-refractivity contribution in [3.63, 3.8) is 0 Å². The second-order valence-corrected chi connectivity index (χ2v) is 7.60. The van der Waals surface area contributed by atoms with Gasteiger partial charge in [-0.25, -0.2) is 13.1 Å². The molecule has 21 heavy (non-hydrogen) atoms. The Morgan fingerprint density at radius 1 is 1.33 bits per heavy atom. The molecule has 1 atom stereocenters. The number of benzene rings is 1. The summed E-state index contributed by atoms with van der Waals surface area (Å²) in [6.07, 6.45) is 5.86. The number of aliphatic hydroxyl groups is 1. The summed E-state index contributed by atoms with van der Waals surface area (Å²) in [5.41, 5.74) is 0.649. The van der Waals surface area contributed by atoms with Crippen LogP contribution in [0.2, 0.25) is 0 Å². The molecule has 5 heteroatoms. The lowest BCUT2D eigenvalue weighted by atomic mass is 10.1. The molecule has 0 saturated heterocycles. The Bertz CT molecular complexity index is 550. The molecule has 1 aromatic rings. The summed E-state index contributed by atoms with van der Waals surface area (Å²) in [5, 5.41) is 9.82. The first-order valence-corrected chi connectivity index (χ1v) is 9.29. The molecule has 1 saturated carbocycles. The average Bonchev–Trinajstić information content (AvgIpc) is 2.99. The Morgan fingerprint density at radius 2 is 2.05 bits per heavy atom. The van der Waals surface area contributed by atoms with Crippen LogP contribution < -0.4 is 4.72 Å². The van der Waals surface area contributed by atoms with Gasteiger partial charge in [-0.3, -0.25) is 0 Å². The van der Waals surface area contributed by atoms with Crippen molar-refractivity contribution < 1.29 is 13.5 Å². The van der Waals surface area contributed by atoms with E-state index in [1.807, 2.05) is 6.92 Å². The smallest absolute Gasteiger partial charge is 0.240 e. The van der Waals surface area contributed by atoms with Crippen molar-refractivity contribution in [2.24, 2.45) is 5.92 Å². The zero-order chi connectivity index (χ0) is 15.3. The molecule has 1 aromatic carbocycles. The third-order valence-electron chi connectivity index (χ3n) is 4.26. The summed E-state index contributed by atoms with van der Waals surface area (Å²) in [4.78, 5) is 0.235. The largest absolute Gasteiger partial charge is 0.388 e. The van der Waals surface area contributed by atoms with Crippen molar-refractivity contribution in [2.45, 2.75) is 56.4 Å². The maximum atomic E-state index is 12.3. The van der Waals surface area contributed by atoms with Gasteiger partial charge in [0, 0.05) is 6.54 Å². The second kappa shape index (κ2) is 7.38. The molecular formula is C16H25NO3S. The monoisotopic (exact) mass is 311 g/mol. The third-order valence-corrected chi connectivity index (χ3v) is 5.72. The third kappa shape index (κ3) is 4.53. The van der Waals surface area contributed by atoms with E-state index in [0.717, 1.165) is 6.42 Å². The quantitative estimate of drug-likeness (QED) is 0.813. The minimum Gasteiger partial charge on any atom is -0.388 e. The number of sulfonamides is 1. The minimum atomic E-state index is -3.48. The van der Waals surface area contributed by atoms with Gasteiger partial charge < -0.3 is 5.11 Å². The lowest BCUT2D eigenvalue weighted by molar-refractivity contribution is 0.173.